The van der Waals surface area contributed by atoms with Crippen LogP contribution in [0, 0.1) is 0 Å². The molecule has 0 amide bonds. The van der Waals surface area contributed by atoms with E-state index in [4.69, 9.17) is 33.8 Å². The SMILES string of the molecule is CNC(NN)c1cc(Cl)cc(Cl)c1OC. The van der Waals surface area contributed by atoms with Crippen molar-refractivity contribution in [2.45, 2.75) is 6.17 Å². The molecule has 6 heteroatoms. The lowest BCUT2D eigenvalue weighted by atomic mass is 10.1. The van der Waals surface area contributed by atoms with Gasteiger partial charge < -0.3 is 10.1 Å². The van der Waals surface area contributed by atoms with Crippen molar-refractivity contribution in [1.82, 2.24) is 10.7 Å². The molecule has 0 aliphatic heterocycles. The van der Waals surface area contributed by atoms with Gasteiger partial charge in [0.2, 0.25) is 0 Å². The Hall–Kier alpha value is -0.520. The first-order valence-electron chi connectivity index (χ1n) is 4.30. The minimum absolute atomic E-state index is 0.267. The summed E-state index contributed by atoms with van der Waals surface area (Å²) in [4.78, 5) is 0. The van der Waals surface area contributed by atoms with E-state index in [9.17, 15) is 0 Å². The van der Waals surface area contributed by atoms with E-state index in [2.05, 4.69) is 10.7 Å². The van der Waals surface area contributed by atoms with Crippen LogP contribution in [0.4, 0.5) is 0 Å². The molecule has 0 aromatic heterocycles. The number of rotatable bonds is 4. The maximum absolute atomic E-state index is 5.99. The Labute approximate surface area is 98.7 Å². The predicted octanol–water partition coefficient (Wildman–Crippen LogP) is 1.68. The third kappa shape index (κ3) is 2.74. The fourth-order valence-corrected chi connectivity index (χ4v) is 1.92. The van der Waals surface area contributed by atoms with Gasteiger partial charge in [0.15, 0.2) is 0 Å². The first-order chi connectivity index (χ1) is 7.13. The van der Waals surface area contributed by atoms with Crippen LogP contribution in [0.15, 0.2) is 12.1 Å². The highest BCUT2D eigenvalue weighted by Crippen LogP contribution is 2.34. The minimum atomic E-state index is -0.267. The average molecular weight is 250 g/mol. The van der Waals surface area contributed by atoms with E-state index in [1.54, 1.807) is 26.3 Å². The summed E-state index contributed by atoms with van der Waals surface area (Å²) < 4.78 is 5.19. The zero-order chi connectivity index (χ0) is 11.4. The lowest BCUT2D eigenvalue weighted by molar-refractivity contribution is 0.391. The molecule has 1 rings (SSSR count). The van der Waals surface area contributed by atoms with Gasteiger partial charge in [-0.3, -0.25) is 5.84 Å². The largest absolute Gasteiger partial charge is 0.495 e. The molecule has 0 bridgehead atoms. The van der Waals surface area contributed by atoms with E-state index < -0.39 is 0 Å². The quantitative estimate of drug-likeness (QED) is 0.432. The number of hydrazine groups is 1. The van der Waals surface area contributed by atoms with E-state index in [-0.39, 0.29) is 6.17 Å². The molecule has 0 aliphatic rings. The third-order valence-electron chi connectivity index (χ3n) is 2.01. The van der Waals surface area contributed by atoms with Gasteiger partial charge in [0, 0.05) is 10.6 Å². The van der Waals surface area contributed by atoms with Crippen molar-refractivity contribution in [3.8, 4) is 5.75 Å². The van der Waals surface area contributed by atoms with Crippen LogP contribution in [0.25, 0.3) is 0 Å². The van der Waals surface area contributed by atoms with Crippen LogP contribution in [0.1, 0.15) is 11.7 Å². The predicted molar refractivity (Wildman–Crippen MR) is 62.1 cm³/mol. The Morgan fingerprint density at radius 2 is 2.07 bits per heavy atom. The van der Waals surface area contributed by atoms with Gasteiger partial charge in [-0.05, 0) is 19.2 Å². The molecule has 4 nitrogen and oxygen atoms in total. The summed E-state index contributed by atoms with van der Waals surface area (Å²) >= 11 is 11.9. The summed E-state index contributed by atoms with van der Waals surface area (Å²) in [7, 11) is 3.31. The van der Waals surface area contributed by atoms with Gasteiger partial charge in [-0.25, -0.2) is 5.43 Å². The van der Waals surface area contributed by atoms with E-state index in [0.717, 1.165) is 5.56 Å². The van der Waals surface area contributed by atoms with Crippen molar-refractivity contribution in [2.24, 2.45) is 5.84 Å². The number of nitrogens with two attached hydrogens (primary N) is 1. The number of hydrogen-bond donors (Lipinski definition) is 3. The zero-order valence-corrected chi connectivity index (χ0v) is 9.99. The highest BCUT2D eigenvalue weighted by molar-refractivity contribution is 6.35. The summed E-state index contributed by atoms with van der Waals surface area (Å²) in [5.41, 5.74) is 3.35. The maximum Gasteiger partial charge on any atom is 0.143 e. The van der Waals surface area contributed by atoms with Crippen LogP contribution in [0.2, 0.25) is 10.0 Å². The molecule has 1 aromatic rings. The first kappa shape index (κ1) is 12.5. The summed E-state index contributed by atoms with van der Waals surface area (Å²) in [6, 6.07) is 3.36. The maximum atomic E-state index is 5.99. The van der Waals surface area contributed by atoms with E-state index in [1.165, 1.54) is 0 Å². The van der Waals surface area contributed by atoms with Crippen molar-refractivity contribution in [2.75, 3.05) is 14.2 Å². The molecule has 4 N–H and O–H groups in total. The van der Waals surface area contributed by atoms with Gasteiger partial charge in [0.1, 0.15) is 5.75 Å². The Bertz CT molecular complexity index is 342. The molecule has 0 spiro atoms. The molecule has 15 heavy (non-hydrogen) atoms. The minimum Gasteiger partial charge on any atom is -0.495 e. The Morgan fingerprint density at radius 1 is 1.40 bits per heavy atom. The van der Waals surface area contributed by atoms with Gasteiger partial charge in [0.05, 0.1) is 18.3 Å². The molecule has 0 saturated heterocycles. The van der Waals surface area contributed by atoms with Crippen LogP contribution >= 0.6 is 23.2 Å². The van der Waals surface area contributed by atoms with Crippen molar-refractivity contribution in [3.05, 3.63) is 27.7 Å². The van der Waals surface area contributed by atoms with Gasteiger partial charge in [-0.15, -0.1) is 0 Å². The zero-order valence-electron chi connectivity index (χ0n) is 8.47. The second-order valence-electron chi connectivity index (χ2n) is 2.90. The van der Waals surface area contributed by atoms with Crippen molar-refractivity contribution < 1.29 is 4.74 Å². The lowest BCUT2D eigenvalue weighted by Gasteiger charge is -2.19. The number of ether oxygens (including phenoxy) is 1. The lowest BCUT2D eigenvalue weighted by Crippen LogP contribution is -2.36. The van der Waals surface area contributed by atoms with Gasteiger partial charge in [-0.2, -0.15) is 0 Å². The summed E-state index contributed by atoms with van der Waals surface area (Å²) in [5, 5.41) is 3.95. The molecule has 0 saturated carbocycles. The molecule has 0 fully saturated rings. The molecule has 0 aliphatic carbocycles. The van der Waals surface area contributed by atoms with Crippen molar-refractivity contribution in [3.63, 3.8) is 0 Å². The van der Waals surface area contributed by atoms with Crippen molar-refractivity contribution in [1.29, 1.82) is 0 Å². The summed E-state index contributed by atoms with van der Waals surface area (Å²) in [5.74, 6) is 5.94. The molecule has 1 atom stereocenters. The normalized spacial score (nSPS) is 12.6. The first-order valence-corrected chi connectivity index (χ1v) is 5.06. The Balaban J connectivity index is 3.24. The van der Waals surface area contributed by atoms with Gasteiger partial charge in [-0.1, -0.05) is 23.2 Å². The van der Waals surface area contributed by atoms with E-state index in [0.29, 0.717) is 15.8 Å². The number of methoxy groups -OCH3 is 1. The second kappa shape index (κ2) is 5.53. The number of benzene rings is 1. The third-order valence-corrected chi connectivity index (χ3v) is 2.51. The van der Waals surface area contributed by atoms with Crippen LogP contribution in [-0.4, -0.2) is 14.2 Å². The second-order valence-corrected chi connectivity index (χ2v) is 3.74. The fourth-order valence-electron chi connectivity index (χ4n) is 1.34. The van der Waals surface area contributed by atoms with Gasteiger partial charge >= 0.3 is 0 Å². The number of nitrogens with one attached hydrogen (secondary N) is 2. The summed E-state index contributed by atoms with van der Waals surface area (Å²) in [6.07, 6.45) is -0.267. The molecule has 1 aromatic carbocycles. The molecular formula is C9H13Cl2N3O. The Morgan fingerprint density at radius 3 is 2.53 bits per heavy atom. The monoisotopic (exact) mass is 249 g/mol. The fraction of sp³-hybridized carbons (Fsp3) is 0.333. The molecule has 1 unspecified atom stereocenters. The Kier molecular flexibility index (Phi) is 4.63. The molecular weight excluding hydrogens is 237 g/mol. The van der Waals surface area contributed by atoms with Crippen LogP contribution in [-0.2, 0) is 0 Å². The highest BCUT2D eigenvalue weighted by atomic mass is 35.5. The smallest absolute Gasteiger partial charge is 0.143 e. The van der Waals surface area contributed by atoms with Crippen LogP contribution in [0.3, 0.4) is 0 Å². The molecule has 84 valence electrons. The number of halogens is 2. The summed E-state index contributed by atoms with van der Waals surface area (Å²) in [6.45, 7) is 0. The standard InChI is InChI=1S/C9H13Cl2N3O/c1-13-9(14-12)6-3-5(10)4-7(11)8(6)15-2/h3-4,9,13-14H,12H2,1-2H3. The molecule has 0 heterocycles. The average Bonchev–Trinajstić information content (AvgIpc) is 2.19. The van der Waals surface area contributed by atoms with Crippen LogP contribution < -0.4 is 21.3 Å². The topological polar surface area (TPSA) is 59.3 Å². The highest BCUT2D eigenvalue weighted by Gasteiger charge is 2.16. The van der Waals surface area contributed by atoms with Gasteiger partial charge in [0.25, 0.3) is 0 Å². The van der Waals surface area contributed by atoms with Crippen molar-refractivity contribution >= 4 is 23.2 Å². The van der Waals surface area contributed by atoms with E-state index in [1.807, 2.05) is 0 Å². The number of hydrogen-bond acceptors (Lipinski definition) is 4. The van der Waals surface area contributed by atoms with E-state index >= 15 is 0 Å². The molecule has 0 radical (unpaired) electrons. The van der Waals surface area contributed by atoms with Crippen LogP contribution in [0.5, 0.6) is 5.75 Å².